The molecule has 2 aliphatic carbocycles. The van der Waals surface area contributed by atoms with Crippen molar-refractivity contribution in [1.82, 2.24) is 0 Å². The second-order valence-electron chi connectivity index (χ2n) is 8.37. The lowest BCUT2D eigenvalue weighted by atomic mass is 9.50. The van der Waals surface area contributed by atoms with Crippen molar-refractivity contribution in [3.63, 3.8) is 0 Å². The molecule has 0 unspecified atom stereocenters. The van der Waals surface area contributed by atoms with E-state index in [0.717, 1.165) is 0 Å². The molecule has 7 heteroatoms. The molecular formula is C22H28O7. The predicted octanol–water partition coefficient (Wildman–Crippen LogP) is 3.43. The molecular weight excluding hydrogens is 376 g/mol. The fourth-order valence-electron chi connectivity index (χ4n) is 4.75. The number of carbonyl (C=O) groups excluding carboxylic acids is 3. The monoisotopic (exact) mass is 404 g/mol. The van der Waals surface area contributed by atoms with Crippen molar-refractivity contribution < 1.29 is 33.4 Å². The Morgan fingerprint density at radius 1 is 1.28 bits per heavy atom. The Balaban J connectivity index is 2.24. The maximum Gasteiger partial charge on any atom is 0.334 e. The van der Waals surface area contributed by atoms with Crippen molar-refractivity contribution in [1.29, 1.82) is 0 Å². The van der Waals surface area contributed by atoms with Crippen LogP contribution in [0.5, 0.6) is 0 Å². The first-order valence-corrected chi connectivity index (χ1v) is 9.86. The van der Waals surface area contributed by atoms with E-state index in [-0.39, 0.29) is 11.7 Å². The van der Waals surface area contributed by atoms with Crippen LogP contribution in [-0.4, -0.2) is 34.5 Å². The van der Waals surface area contributed by atoms with Crippen molar-refractivity contribution in [2.24, 2.45) is 11.3 Å². The Kier molecular flexibility index (Phi) is 5.24. The topological polar surface area (TPSA) is 103 Å². The molecule has 1 saturated carbocycles. The molecule has 1 fully saturated rings. The van der Waals surface area contributed by atoms with Crippen LogP contribution < -0.4 is 0 Å². The molecule has 0 spiro atoms. The molecule has 1 aromatic heterocycles. The Morgan fingerprint density at radius 2 is 1.93 bits per heavy atom. The Bertz CT molecular complexity index is 895. The zero-order valence-electron chi connectivity index (χ0n) is 17.7. The maximum absolute atomic E-state index is 13.5. The van der Waals surface area contributed by atoms with Gasteiger partial charge < -0.3 is 19.0 Å². The fourth-order valence-corrected chi connectivity index (χ4v) is 4.75. The summed E-state index contributed by atoms with van der Waals surface area (Å²) in [6, 6.07) is 0. The number of ketones is 1. The average molecular weight is 404 g/mol. The van der Waals surface area contributed by atoms with Gasteiger partial charge in [0, 0.05) is 18.1 Å². The van der Waals surface area contributed by atoms with Gasteiger partial charge in [-0.05, 0) is 45.1 Å². The van der Waals surface area contributed by atoms with Crippen LogP contribution in [-0.2, 0) is 19.1 Å². The van der Waals surface area contributed by atoms with Crippen LogP contribution in [0.1, 0.15) is 75.2 Å². The molecule has 1 heterocycles. The van der Waals surface area contributed by atoms with Gasteiger partial charge in [-0.3, -0.25) is 9.59 Å². The molecule has 1 aromatic rings. The van der Waals surface area contributed by atoms with Gasteiger partial charge in [0.1, 0.15) is 12.2 Å². The third-order valence-electron chi connectivity index (χ3n) is 6.84. The number of hydrogen-bond donors (Lipinski definition) is 1. The Morgan fingerprint density at radius 3 is 2.52 bits per heavy atom. The SMILES string of the molecule is C/C=C(/C)C(=O)O[C@@H]1c2c(C)coc2C(=O)[C@@]2(O)[C@@H](OC(C)=O)CC[C@H](C)[C@@]12C. The Labute approximate surface area is 170 Å². The molecule has 2 aliphatic rings. The molecule has 0 aromatic carbocycles. The lowest BCUT2D eigenvalue weighted by Gasteiger charge is -2.58. The van der Waals surface area contributed by atoms with E-state index < -0.39 is 40.9 Å². The maximum atomic E-state index is 13.5. The fraction of sp³-hybridized carbons (Fsp3) is 0.591. The van der Waals surface area contributed by atoms with Crippen LogP contribution in [0.2, 0.25) is 0 Å². The van der Waals surface area contributed by atoms with Crippen molar-refractivity contribution in [3.8, 4) is 0 Å². The van der Waals surface area contributed by atoms with Gasteiger partial charge in [-0.25, -0.2) is 4.79 Å². The molecule has 0 saturated heterocycles. The van der Waals surface area contributed by atoms with Gasteiger partial charge in [0.25, 0.3) is 0 Å². The van der Waals surface area contributed by atoms with Gasteiger partial charge in [-0.15, -0.1) is 0 Å². The quantitative estimate of drug-likeness (QED) is 0.608. The molecule has 0 aliphatic heterocycles. The van der Waals surface area contributed by atoms with Gasteiger partial charge in [0.15, 0.2) is 11.4 Å². The molecule has 0 amide bonds. The average Bonchev–Trinajstić information content (AvgIpc) is 3.05. The third kappa shape index (κ3) is 2.86. The molecule has 5 atom stereocenters. The van der Waals surface area contributed by atoms with Crippen LogP contribution in [0.25, 0.3) is 0 Å². The number of allylic oxidation sites excluding steroid dienone is 1. The Hall–Kier alpha value is -2.41. The lowest BCUT2D eigenvalue weighted by molar-refractivity contribution is -0.229. The molecule has 1 N–H and O–H groups in total. The summed E-state index contributed by atoms with van der Waals surface area (Å²) in [5.74, 6) is -2.02. The minimum atomic E-state index is -2.08. The van der Waals surface area contributed by atoms with Crippen LogP contribution in [0.4, 0.5) is 0 Å². The molecule has 7 nitrogen and oxygen atoms in total. The molecule has 0 bridgehead atoms. The number of furan rings is 1. The van der Waals surface area contributed by atoms with E-state index in [1.165, 1.54) is 13.2 Å². The normalized spacial score (nSPS) is 34.2. The van der Waals surface area contributed by atoms with E-state index in [0.29, 0.717) is 29.5 Å². The van der Waals surface area contributed by atoms with Gasteiger partial charge >= 0.3 is 11.9 Å². The third-order valence-corrected chi connectivity index (χ3v) is 6.84. The van der Waals surface area contributed by atoms with E-state index in [4.69, 9.17) is 13.9 Å². The van der Waals surface area contributed by atoms with Gasteiger partial charge in [-0.1, -0.05) is 19.9 Å². The standard InChI is InChI=1S/C22H28O7/c1-7-11(2)20(25)29-19-16-12(3)10-27-17(16)18(24)22(26)15(28-14(5)23)9-8-13(4)21(19,22)6/h7,10,13,15,19,26H,8-9H2,1-6H3/b11-7-/t13-,15-,19+,21-,22-/m0/s1. The van der Waals surface area contributed by atoms with Crippen LogP contribution in [0, 0.1) is 18.3 Å². The second-order valence-corrected chi connectivity index (χ2v) is 8.37. The van der Waals surface area contributed by atoms with Crippen LogP contribution in [0.3, 0.4) is 0 Å². The zero-order chi connectivity index (χ0) is 21.7. The minimum absolute atomic E-state index is 0.0512. The second kappa shape index (κ2) is 7.13. The summed E-state index contributed by atoms with van der Waals surface area (Å²) in [6.45, 7) is 10.0. The summed E-state index contributed by atoms with van der Waals surface area (Å²) in [7, 11) is 0. The number of rotatable bonds is 3. The van der Waals surface area contributed by atoms with Gasteiger partial charge in [-0.2, -0.15) is 0 Å². The van der Waals surface area contributed by atoms with Gasteiger partial charge in [0.2, 0.25) is 5.78 Å². The number of ether oxygens (including phenoxy) is 2. The highest BCUT2D eigenvalue weighted by atomic mass is 16.6. The number of aliphatic hydroxyl groups is 1. The summed E-state index contributed by atoms with van der Waals surface area (Å²) >= 11 is 0. The number of carbonyl (C=O) groups is 3. The first-order valence-electron chi connectivity index (χ1n) is 9.86. The number of hydrogen-bond acceptors (Lipinski definition) is 7. The largest absolute Gasteiger partial charge is 0.460 e. The summed E-state index contributed by atoms with van der Waals surface area (Å²) in [4.78, 5) is 37.8. The summed E-state index contributed by atoms with van der Waals surface area (Å²) in [5.41, 5.74) is -1.75. The highest BCUT2D eigenvalue weighted by molar-refractivity contribution is 6.05. The number of Topliss-reactive ketones (excluding diaryl/α,β-unsaturated/α-hetero) is 1. The number of aryl methyl sites for hydroxylation is 1. The first-order chi connectivity index (χ1) is 13.5. The molecule has 3 rings (SSSR count). The first kappa shape index (κ1) is 21.3. The minimum Gasteiger partial charge on any atom is -0.460 e. The van der Waals surface area contributed by atoms with Crippen molar-refractivity contribution >= 4 is 17.7 Å². The smallest absolute Gasteiger partial charge is 0.334 e. The molecule has 0 radical (unpaired) electrons. The van der Waals surface area contributed by atoms with Crippen LogP contribution >= 0.6 is 0 Å². The molecule has 158 valence electrons. The zero-order valence-corrected chi connectivity index (χ0v) is 17.7. The van der Waals surface area contributed by atoms with Gasteiger partial charge in [0.05, 0.1) is 11.7 Å². The summed E-state index contributed by atoms with van der Waals surface area (Å²) in [5, 5.41) is 11.8. The van der Waals surface area contributed by atoms with E-state index in [2.05, 4.69) is 0 Å². The van der Waals surface area contributed by atoms with Crippen LogP contribution in [0.15, 0.2) is 22.3 Å². The highest BCUT2D eigenvalue weighted by Gasteiger charge is 2.71. The summed E-state index contributed by atoms with van der Waals surface area (Å²) < 4.78 is 16.8. The number of esters is 2. The van der Waals surface area contributed by atoms with E-state index >= 15 is 0 Å². The van der Waals surface area contributed by atoms with E-state index in [1.807, 2.05) is 6.92 Å². The van der Waals surface area contributed by atoms with Crippen molar-refractivity contribution in [2.75, 3.05) is 0 Å². The highest BCUT2D eigenvalue weighted by Crippen LogP contribution is 2.61. The molecule has 29 heavy (non-hydrogen) atoms. The lowest BCUT2D eigenvalue weighted by Crippen LogP contribution is -2.70. The van der Waals surface area contributed by atoms with Crippen molar-refractivity contribution in [3.05, 3.63) is 34.8 Å². The number of fused-ring (bicyclic) bond motifs is 2. The van der Waals surface area contributed by atoms with E-state index in [9.17, 15) is 19.5 Å². The summed E-state index contributed by atoms with van der Waals surface area (Å²) in [6.07, 6.45) is 1.97. The predicted molar refractivity (Wildman–Crippen MR) is 103 cm³/mol. The van der Waals surface area contributed by atoms with Crippen molar-refractivity contribution in [2.45, 2.75) is 72.2 Å². The van der Waals surface area contributed by atoms with E-state index in [1.54, 1.807) is 33.8 Å².